The van der Waals surface area contributed by atoms with Crippen LogP contribution in [0.3, 0.4) is 0 Å². The van der Waals surface area contributed by atoms with Crippen molar-refractivity contribution in [1.82, 2.24) is 0 Å². The van der Waals surface area contributed by atoms with E-state index >= 15 is 0 Å². The first-order chi connectivity index (χ1) is 7.39. The molecule has 17 heavy (non-hydrogen) atoms. The van der Waals surface area contributed by atoms with Crippen molar-refractivity contribution < 1.29 is 9.53 Å². The molecule has 0 saturated carbocycles. The number of hydrogen-bond acceptors (Lipinski definition) is 2. The van der Waals surface area contributed by atoms with Crippen LogP contribution in [0.15, 0.2) is 12.2 Å². The van der Waals surface area contributed by atoms with Crippen LogP contribution in [0.2, 0.25) is 39.3 Å². The summed E-state index contributed by atoms with van der Waals surface area (Å²) in [4.78, 5) is 11.7. The fourth-order valence-corrected chi connectivity index (χ4v) is 14.7. The molecule has 0 amide bonds. The minimum absolute atomic E-state index is 0.212. The van der Waals surface area contributed by atoms with Crippen LogP contribution in [0.1, 0.15) is 20.3 Å². The molecule has 0 rings (SSSR count). The molecular formula is C13H28O2Si2. The van der Waals surface area contributed by atoms with Crippen LogP contribution in [0, 0.1) is 0 Å². The molecule has 100 valence electrons. The Balaban J connectivity index is 5.54. The van der Waals surface area contributed by atoms with Crippen LogP contribution >= 0.6 is 0 Å². The highest BCUT2D eigenvalue weighted by Crippen LogP contribution is 2.38. The molecule has 0 unspecified atom stereocenters. The summed E-state index contributed by atoms with van der Waals surface area (Å²) in [5, 5.41) is 0. The molecule has 2 nitrogen and oxygen atoms in total. The minimum atomic E-state index is -1.60. The largest absolute Gasteiger partial charge is 0.463 e. The van der Waals surface area contributed by atoms with E-state index in [4.69, 9.17) is 4.74 Å². The molecule has 0 aromatic rings. The molecule has 0 atom stereocenters. The van der Waals surface area contributed by atoms with Gasteiger partial charge in [0.05, 0.1) is 21.0 Å². The summed E-state index contributed by atoms with van der Waals surface area (Å²) in [7, 11) is -3.21. The first kappa shape index (κ1) is 16.6. The van der Waals surface area contributed by atoms with Crippen LogP contribution in [-0.4, -0.2) is 27.0 Å². The Kier molecular flexibility index (Phi) is 4.99. The molecule has 0 bridgehead atoms. The summed E-state index contributed by atoms with van der Waals surface area (Å²) >= 11 is 0. The molecular weight excluding hydrogens is 244 g/mol. The van der Waals surface area contributed by atoms with Gasteiger partial charge in [-0.2, -0.15) is 0 Å². The zero-order valence-corrected chi connectivity index (χ0v) is 14.7. The molecule has 0 aliphatic heterocycles. The first-order valence-electron chi connectivity index (χ1n) is 6.28. The van der Waals surface area contributed by atoms with Gasteiger partial charge in [-0.15, -0.1) is 0 Å². The number of rotatable bonds is 5. The molecule has 0 aromatic heterocycles. The Labute approximate surface area is 108 Å². The zero-order chi connectivity index (χ0) is 14.1. The number of ether oxygens (including phenoxy) is 1. The van der Waals surface area contributed by atoms with E-state index in [-0.39, 0.29) is 10.8 Å². The fourth-order valence-electron chi connectivity index (χ4n) is 2.81. The second-order valence-electron chi connectivity index (χ2n) is 6.85. The normalized spacial score (nSPS) is 13.4. The maximum absolute atomic E-state index is 11.9. The summed E-state index contributed by atoms with van der Waals surface area (Å²) in [6.07, 6.45) is 0.914. The van der Waals surface area contributed by atoms with E-state index in [1.54, 1.807) is 6.92 Å². The summed E-state index contributed by atoms with van der Waals surface area (Å²) in [6.45, 7) is 21.3. The zero-order valence-electron chi connectivity index (χ0n) is 12.7. The Hall–Kier alpha value is -0.356. The van der Waals surface area contributed by atoms with E-state index in [9.17, 15) is 4.79 Å². The Morgan fingerprint density at radius 3 is 1.65 bits per heavy atom. The van der Waals surface area contributed by atoms with Gasteiger partial charge in [-0.05, 0) is 13.3 Å². The predicted molar refractivity (Wildman–Crippen MR) is 80.6 cm³/mol. The van der Waals surface area contributed by atoms with Gasteiger partial charge in [0.15, 0.2) is 0 Å². The minimum Gasteiger partial charge on any atom is -0.463 e. The number of esters is 1. The van der Waals surface area contributed by atoms with Crippen molar-refractivity contribution in [3.63, 3.8) is 0 Å². The van der Waals surface area contributed by atoms with Gasteiger partial charge in [0.25, 0.3) is 0 Å². The molecule has 0 aliphatic carbocycles. The molecule has 0 heterocycles. The molecule has 0 spiro atoms. The van der Waals surface area contributed by atoms with Crippen molar-refractivity contribution in [3.05, 3.63) is 12.2 Å². The Morgan fingerprint density at radius 1 is 1.12 bits per heavy atom. The van der Waals surface area contributed by atoms with Crippen LogP contribution in [0.5, 0.6) is 0 Å². The Bertz CT molecular complexity index is 294. The van der Waals surface area contributed by atoms with Gasteiger partial charge in [0, 0.05) is 5.57 Å². The van der Waals surface area contributed by atoms with Crippen molar-refractivity contribution in [2.24, 2.45) is 0 Å². The lowest BCUT2D eigenvalue weighted by atomic mass is 10.4. The lowest BCUT2D eigenvalue weighted by Gasteiger charge is -2.50. The quantitative estimate of drug-likeness (QED) is 0.429. The average Bonchev–Trinajstić information content (AvgIpc) is 2.09. The third kappa shape index (κ3) is 3.31. The fraction of sp³-hybridized carbons (Fsp3) is 0.769. The highest BCUT2D eigenvalue weighted by Gasteiger charge is 2.54. The standard InChI is InChI=1S/C13H28O2Si2/c1-10-13(16(4,5)6,17(7,8)9)15-12(14)11(2)3/h2,10H2,1,3-9H3. The van der Waals surface area contributed by atoms with E-state index in [1.807, 2.05) is 0 Å². The van der Waals surface area contributed by atoms with Crippen molar-refractivity contribution in [2.45, 2.75) is 64.4 Å². The highest BCUT2D eigenvalue weighted by molar-refractivity contribution is 6.98. The number of carbonyl (C=O) groups excluding carboxylic acids is 1. The third-order valence-electron chi connectivity index (χ3n) is 3.54. The lowest BCUT2D eigenvalue weighted by Crippen LogP contribution is -2.68. The van der Waals surface area contributed by atoms with Crippen LogP contribution in [-0.2, 0) is 9.53 Å². The SMILES string of the molecule is C=C(C)C(=O)OC(CC)([Si](C)(C)C)[Si](C)(C)C. The monoisotopic (exact) mass is 272 g/mol. The molecule has 4 heteroatoms. The smallest absolute Gasteiger partial charge is 0.333 e. The second kappa shape index (κ2) is 5.10. The number of carbonyl (C=O) groups is 1. The summed E-state index contributed by atoms with van der Waals surface area (Å²) in [6, 6.07) is 0. The molecule has 0 saturated heterocycles. The summed E-state index contributed by atoms with van der Waals surface area (Å²) in [5.41, 5.74) is 0.499. The van der Waals surface area contributed by atoms with Crippen molar-refractivity contribution in [1.29, 1.82) is 0 Å². The summed E-state index contributed by atoms with van der Waals surface area (Å²) in [5.74, 6) is -0.225. The molecule has 0 radical (unpaired) electrons. The summed E-state index contributed by atoms with van der Waals surface area (Å²) < 4.78 is 5.96. The Morgan fingerprint density at radius 2 is 1.47 bits per heavy atom. The van der Waals surface area contributed by atoms with E-state index in [0.29, 0.717) is 5.57 Å². The predicted octanol–water partition coefficient (Wildman–Crippen LogP) is 4.01. The topological polar surface area (TPSA) is 26.3 Å². The van der Waals surface area contributed by atoms with Gasteiger partial charge in [-0.25, -0.2) is 4.79 Å². The van der Waals surface area contributed by atoms with E-state index in [1.165, 1.54) is 0 Å². The van der Waals surface area contributed by atoms with E-state index in [2.05, 4.69) is 52.8 Å². The van der Waals surface area contributed by atoms with Gasteiger partial charge in [-0.1, -0.05) is 52.8 Å². The second-order valence-corrected chi connectivity index (χ2v) is 18.0. The van der Waals surface area contributed by atoms with Crippen LogP contribution in [0.4, 0.5) is 0 Å². The van der Waals surface area contributed by atoms with Gasteiger partial charge in [-0.3, -0.25) is 0 Å². The van der Waals surface area contributed by atoms with E-state index in [0.717, 1.165) is 6.42 Å². The molecule has 0 aromatic carbocycles. The van der Waals surface area contributed by atoms with Gasteiger partial charge < -0.3 is 4.74 Å². The number of hydrogen-bond donors (Lipinski definition) is 0. The van der Waals surface area contributed by atoms with Gasteiger partial charge in [0.2, 0.25) is 0 Å². The van der Waals surface area contributed by atoms with Crippen molar-refractivity contribution in [3.8, 4) is 0 Å². The molecule has 0 aliphatic rings. The van der Waals surface area contributed by atoms with E-state index < -0.39 is 16.1 Å². The highest BCUT2D eigenvalue weighted by atomic mass is 28.4. The third-order valence-corrected chi connectivity index (χ3v) is 13.8. The van der Waals surface area contributed by atoms with Crippen molar-refractivity contribution in [2.75, 3.05) is 0 Å². The van der Waals surface area contributed by atoms with Crippen molar-refractivity contribution >= 4 is 22.1 Å². The first-order valence-corrected chi connectivity index (χ1v) is 13.3. The molecule has 0 N–H and O–H groups in total. The van der Waals surface area contributed by atoms with Gasteiger partial charge in [0.1, 0.15) is 0 Å². The molecule has 0 fully saturated rings. The van der Waals surface area contributed by atoms with Crippen LogP contribution < -0.4 is 0 Å². The maximum Gasteiger partial charge on any atom is 0.333 e. The average molecular weight is 273 g/mol. The van der Waals surface area contributed by atoms with Crippen LogP contribution in [0.25, 0.3) is 0 Å². The maximum atomic E-state index is 11.9. The lowest BCUT2D eigenvalue weighted by molar-refractivity contribution is -0.144. The van der Waals surface area contributed by atoms with Gasteiger partial charge >= 0.3 is 5.97 Å².